The Balaban J connectivity index is 1.99. The van der Waals surface area contributed by atoms with Crippen molar-refractivity contribution in [1.82, 2.24) is 10.9 Å². The Hall–Kier alpha value is -0.830. The van der Waals surface area contributed by atoms with Gasteiger partial charge in [-0.15, -0.1) is 0 Å². The number of hydrogen-bond acceptors (Lipinski definition) is 2. The van der Waals surface area contributed by atoms with Crippen molar-refractivity contribution in [2.24, 2.45) is 5.92 Å². The molecule has 1 atom stereocenters. The molecule has 1 fully saturated rings. The molecular weight excluding hydrogens is 128 g/mol. The molecule has 2 N–H and O–H groups in total. The number of rotatable bonds is 1. The SMILES string of the molecule is O=C1C=C[C@H](C2CC2)NN1. The third-order valence-corrected chi connectivity index (χ3v) is 1.95. The van der Waals surface area contributed by atoms with Crippen molar-refractivity contribution in [3.05, 3.63) is 12.2 Å². The van der Waals surface area contributed by atoms with E-state index in [1.54, 1.807) is 6.08 Å². The van der Waals surface area contributed by atoms with Gasteiger partial charge in [0.1, 0.15) is 0 Å². The highest BCUT2D eigenvalue weighted by Crippen LogP contribution is 2.33. The molecule has 0 aromatic carbocycles. The molecule has 2 rings (SSSR count). The van der Waals surface area contributed by atoms with Gasteiger partial charge in [0.05, 0.1) is 0 Å². The number of carbonyl (C=O) groups is 1. The van der Waals surface area contributed by atoms with Gasteiger partial charge in [0.25, 0.3) is 5.91 Å². The molecule has 1 aliphatic carbocycles. The average molecular weight is 138 g/mol. The average Bonchev–Trinajstić information content (AvgIpc) is 2.71. The Labute approximate surface area is 59.5 Å². The van der Waals surface area contributed by atoms with Gasteiger partial charge in [-0.2, -0.15) is 0 Å². The third-order valence-electron chi connectivity index (χ3n) is 1.95. The van der Waals surface area contributed by atoms with E-state index < -0.39 is 0 Å². The van der Waals surface area contributed by atoms with Crippen LogP contribution in [0.5, 0.6) is 0 Å². The van der Waals surface area contributed by atoms with Crippen LogP contribution in [0.1, 0.15) is 12.8 Å². The van der Waals surface area contributed by atoms with E-state index in [0.717, 1.165) is 5.92 Å². The van der Waals surface area contributed by atoms with Crippen molar-refractivity contribution in [3.63, 3.8) is 0 Å². The summed E-state index contributed by atoms with van der Waals surface area (Å²) in [5, 5.41) is 0. The van der Waals surface area contributed by atoms with Gasteiger partial charge < -0.3 is 0 Å². The summed E-state index contributed by atoms with van der Waals surface area (Å²) in [6, 6.07) is 0.387. The number of carbonyl (C=O) groups excluding carboxylic acids is 1. The first-order valence-electron chi connectivity index (χ1n) is 3.60. The van der Waals surface area contributed by atoms with Crippen LogP contribution in [0.25, 0.3) is 0 Å². The molecule has 2 aliphatic rings. The second kappa shape index (κ2) is 2.09. The van der Waals surface area contributed by atoms with Crippen molar-refractivity contribution >= 4 is 5.91 Å². The van der Waals surface area contributed by atoms with Crippen molar-refractivity contribution in [2.75, 3.05) is 0 Å². The first-order chi connectivity index (χ1) is 4.86. The first kappa shape index (κ1) is 5.92. The van der Waals surface area contributed by atoms with Crippen molar-refractivity contribution in [2.45, 2.75) is 18.9 Å². The molecule has 10 heavy (non-hydrogen) atoms. The molecule has 3 nitrogen and oxygen atoms in total. The van der Waals surface area contributed by atoms with Crippen molar-refractivity contribution < 1.29 is 4.79 Å². The Morgan fingerprint density at radius 1 is 1.50 bits per heavy atom. The van der Waals surface area contributed by atoms with Crippen LogP contribution in [-0.4, -0.2) is 11.9 Å². The number of amides is 1. The summed E-state index contributed by atoms with van der Waals surface area (Å²) in [5.74, 6) is 0.716. The molecule has 1 saturated carbocycles. The monoisotopic (exact) mass is 138 g/mol. The molecule has 0 aromatic rings. The minimum atomic E-state index is -0.0445. The van der Waals surface area contributed by atoms with Crippen molar-refractivity contribution in [1.29, 1.82) is 0 Å². The number of hydrogen-bond donors (Lipinski definition) is 2. The van der Waals surface area contributed by atoms with Gasteiger partial charge in [-0.05, 0) is 18.8 Å². The van der Waals surface area contributed by atoms with E-state index in [9.17, 15) is 4.79 Å². The number of nitrogens with one attached hydrogen (secondary N) is 2. The summed E-state index contributed by atoms with van der Waals surface area (Å²) < 4.78 is 0. The Morgan fingerprint density at radius 3 is 2.80 bits per heavy atom. The van der Waals surface area contributed by atoms with E-state index in [1.165, 1.54) is 12.8 Å². The topological polar surface area (TPSA) is 41.1 Å². The molecule has 0 saturated heterocycles. The van der Waals surface area contributed by atoms with Crippen LogP contribution in [0.4, 0.5) is 0 Å². The first-order valence-corrected chi connectivity index (χ1v) is 3.60. The molecular formula is C7H10N2O. The molecule has 1 aliphatic heterocycles. The lowest BCUT2D eigenvalue weighted by atomic mass is 10.1. The lowest BCUT2D eigenvalue weighted by Gasteiger charge is -2.17. The zero-order valence-electron chi connectivity index (χ0n) is 5.63. The molecule has 1 amide bonds. The fourth-order valence-electron chi connectivity index (χ4n) is 1.17. The van der Waals surface area contributed by atoms with Gasteiger partial charge >= 0.3 is 0 Å². The van der Waals surface area contributed by atoms with Crippen LogP contribution in [0.2, 0.25) is 0 Å². The van der Waals surface area contributed by atoms with E-state index in [1.807, 2.05) is 6.08 Å². The maximum atomic E-state index is 10.6. The minimum Gasteiger partial charge on any atom is -0.287 e. The maximum absolute atomic E-state index is 10.6. The van der Waals surface area contributed by atoms with Crippen molar-refractivity contribution in [3.8, 4) is 0 Å². The minimum absolute atomic E-state index is 0.0445. The molecule has 3 heteroatoms. The zero-order chi connectivity index (χ0) is 6.97. The third kappa shape index (κ3) is 1.04. The van der Waals surface area contributed by atoms with Gasteiger partial charge in [-0.3, -0.25) is 10.2 Å². The summed E-state index contributed by atoms with van der Waals surface area (Å²) in [6.45, 7) is 0. The quantitative estimate of drug-likeness (QED) is 0.533. The predicted octanol–water partition coefficient (Wildman–Crippen LogP) is -0.0444. The van der Waals surface area contributed by atoms with Gasteiger partial charge in [0.2, 0.25) is 0 Å². The fourth-order valence-corrected chi connectivity index (χ4v) is 1.17. The van der Waals surface area contributed by atoms with E-state index in [2.05, 4.69) is 10.9 Å². The lowest BCUT2D eigenvalue weighted by Crippen LogP contribution is -2.47. The van der Waals surface area contributed by atoms with Crippen LogP contribution < -0.4 is 10.9 Å². The predicted molar refractivity (Wildman–Crippen MR) is 36.9 cm³/mol. The Bertz CT molecular complexity index is 184. The summed E-state index contributed by atoms with van der Waals surface area (Å²) in [4.78, 5) is 10.6. The van der Waals surface area contributed by atoms with E-state index in [-0.39, 0.29) is 5.91 Å². The smallest absolute Gasteiger partial charge is 0.257 e. The van der Waals surface area contributed by atoms with Crippen LogP contribution in [0.15, 0.2) is 12.2 Å². The lowest BCUT2D eigenvalue weighted by molar-refractivity contribution is -0.118. The standard InChI is InChI=1S/C7H10N2O/c10-7-4-3-6(8-9-7)5-1-2-5/h3-6,8H,1-2H2,(H,9,10)/t6-/m1/s1. The van der Waals surface area contributed by atoms with Gasteiger partial charge in [0.15, 0.2) is 0 Å². The van der Waals surface area contributed by atoms with Crippen LogP contribution in [0.3, 0.4) is 0 Å². The zero-order valence-corrected chi connectivity index (χ0v) is 5.63. The van der Waals surface area contributed by atoms with Gasteiger partial charge in [-0.1, -0.05) is 6.08 Å². The second-order valence-corrected chi connectivity index (χ2v) is 2.86. The molecule has 0 aromatic heterocycles. The highest BCUT2D eigenvalue weighted by molar-refractivity contribution is 5.87. The summed E-state index contributed by atoms with van der Waals surface area (Å²) >= 11 is 0. The molecule has 1 heterocycles. The van der Waals surface area contributed by atoms with Gasteiger partial charge in [0, 0.05) is 12.1 Å². The molecule has 0 unspecified atom stereocenters. The van der Waals surface area contributed by atoms with E-state index in [4.69, 9.17) is 0 Å². The second-order valence-electron chi connectivity index (χ2n) is 2.86. The summed E-state index contributed by atoms with van der Waals surface area (Å²) in [6.07, 6.45) is 6.12. The van der Waals surface area contributed by atoms with Crippen LogP contribution in [-0.2, 0) is 4.79 Å². The summed E-state index contributed by atoms with van der Waals surface area (Å²) in [7, 11) is 0. The molecule has 0 spiro atoms. The van der Waals surface area contributed by atoms with Gasteiger partial charge in [-0.25, -0.2) is 5.43 Å². The van der Waals surface area contributed by atoms with E-state index >= 15 is 0 Å². The Morgan fingerprint density at radius 2 is 2.30 bits per heavy atom. The highest BCUT2D eigenvalue weighted by Gasteiger charge is 2.30. The molecule has 54 valence electrons. The maximum Gasteiger partial charge on any atom is 0.257 e. The largest absolute Gasteiger partial charge is 0.287 e. The van der Waals surface area contributed by atoms with Crippen LogP contribution in [0, 0.1) is 5.92 Å². The molecule has 0 bridgehead atoms. The van der Waals surface area contributed by atoms with Crippen LogP contribution >= 0.6 is 0 Å². The van der Waals surface area contributed by atoms with E-state index in [0.29, 0.717) is 6.04 Å². The molecule has 0 radical (unpaired) electrons. The normalized spacial score (nSPS) is 32.0. The summed E-state index contributed by atoms with van der Waals surface area (Å²) in [5.41, 5.74) is 5.52. The fraction of sp³-hybridized carbons (Fsp3) is 0.571. The number of hydrazine groups is 1. The Kier molecular flexibility index (Phi) is 1.24. The highest BCUT2D eigenvalue weighted by atomic mass is 16.2.